The molecule has 0 aromatic heterocycles. The maximum Gasteiger partial charge on any atom is 0.314 e. The quantitative estimate of drug-likeness (QED) is 0.306. The molecule has 1 N–H and O–H groups in total. The Kier molecular flexibility index (Phi) is 7.30. The van der Waals surface area contributed by atoms with E-state index in [1.165, 1.54) is 11.1 Å². The van der Waals surface area contributed by atoms with Crippen molar-refractivity contribution in [2.75, 3.05) is 6.67 Å². The summed E-state index contributed by atoms with van der Waals surface area (Å²) in [7, 11) is 0. The highest BCUT2D eigenvalue weighted by Gasteiger charge is 2.70. The molecule has 242 valence electrons. The number of aliphatic carboxylic acids is 1. The van der Waals surface area contributed by atoms with E-state index in [1.807, 2.05) is 0 Å². The molecule has 0 heterocycles. The SMILES string of the molecule is CC(C)C1=C2[C@H]3CC[C@@H]4[C@@]5(C)CC=C(C6=CC[C@](CF)(OC=O)CC6)C(C)(C)[C@@H]5CC[C@@]4(C)[C@]3(C)CC[C@@]2(C(=O)O)CC1=O. The summed E-state index contributed by atoms with van der Waals surface area (Å²) >= 11 is 0. The predicted molar refractivity (Wildman–Crippen MR) is 168 cm³/mol. The van der Waals surface area contributed by atoms with Gasteiger partial charge < -0.3 is 9.84 Å². The smallest absolute Gasteiger partial charge is 0.314 e. The molecule has 6 rings (SSSR count). The Balaban J connectivity index is 1.36. The number of halogens is 1. The summed E-state index contributed by atoms with van der Waals surface area (Å²) in [5.41, 5.74) is 2.52. The van der Waals surface area contributed by atoms with E-state index in [-0.39, 0.29) is 45.7 Å². The van der Waals surface area contributed by atoms with E-state index < -0.39 is 23.7 Å². The van der Waals surface area contributed by atoms with E-state index in [2.05, 4.69) is 60.6 Å². The van der Waals surface area contributed by atoms with Gasteiger partial charge in [-0.3, -0.25) is 14.4 Å². The zero-order chi connectivity index (χ0) is 32.1. The minimum Gasteiger partial charge on any atom is -0.481 e. The van der Waals surface area contributed by atoms with E-state index in [0.717, 1.165) is 49.7 Å². The summed E-state index contributed by atoms with van der Waals surface area (Å²) in [5, 5.41) is 10.6. The van der Waals surface area contributed by atoms with Crippen LogP contribution in [0.4, 0.5) is 4.39 Å². The van der Waals surface area contributed by atoms with Gasteiger partial charge in [-0.15, -0.1) is 0 Å². The van der Waals surface area contributed by atoms with Gasteiger partial charge in [0.25, 0.3) is 6.47 Å². The van der Waals surface area contributed by atoms with Crippen LogP contribution in [0.25, 0.3) is 0 Å². The number of carbonyl (C=O) groups is 3. The molecule has 0 aromatic rings. The van der Waals surface area contributed by atoms with E-state index >= 15 is 0 Å². The zero-order valence-electron chi connectivity index (χ0n) is 28.0. The van der Waals surface area contributed by atoms with Crippen LogP contribution < -0.4 is 0 Å². The Morgan fingerprint density at radius 1 is 1.00 bits per heavy atom. The first-order valence-corrected chi connectivity index (χ1v) is 17.2. The van der Waals surface area contributed by atoms with Crippen LogP contribution in [0, 0.1) is 50.7 Å². The monoisotopic (exact) mass is 608 g/mol. The standard InChI is InChI=1S/C38H53FO5/c1-23(2)30-27(41)20-38(32(42)43)19-18-35(6)26(31(30)38)8-9-29-34(5)14-12-25(33(3,4)28(34)13-15-36(29,35)7)24-10-16-37(21-39,17-11-24)44-22-40/h10,12,22-23,26,28-29H,8-9,11,13-21H2,1-7H3,(H,42,43)/t26-,28+,29-,34+,35-,36-,37+,38-/m1/s1. The van der Waals surface area contributed by atoms with Crippen LogP contribution >= 0.6 is 0 Å². The van der Waals surface area contributed by atoms with E-state index in [4.69, 9.17) is 4.74 Å². The van der Waals surface area contributed by atoms with E-state index in [1.54, 1.807) is 0 Å². The average molecular weight is 609 g/mol. The molecule has 0 radical (unpaired) electrons. The average Bonchev–Trinajstić information content (AvgIpc) is 3.27. The lowest BCUT2D eigenvalue weighted by molar-refractivity contribution is -0.201. The van der Waals surface area contributed by atoms with Gasteiger partial charge in [-0.2, -0.15) is 0 Å². The molecule has 3 fully saturated rings. The van der Waals surface area contributed by atoms with Crippen molar-refractivity contribution < 1.29 is 28.6 Å². The van der Waals surface area contributed by atoms with E-state index in [0.29, 0.717) is 44.0 Å². The number of allylic oxidation sites excluding steroid dienone is 4. The molecule has 6 heteroatoms. The van der Waals surface area contributed by atoms with Gasteiger partial charge in [-0.25, -0.2) is 4.39 Å². The molecule has 0 saturated heterocycles. The number of carboxylic acids is 1. The summed E-state index contributed by atoms with van der Waals surface area (Å²) in [6.07, 6.45) is 13.1. The highest BCUT2D eigenvalue weighted by molar-refractivity contribution is 6.05. The van der Waals surface area contributed by atoms with Crippen LogP contribution in [0.1, 0.15) is 119 Å². The van der Waals surface area contributed by atoms with Crippen molar-refractivity contribution >= 4 is 18.2 Å². The number of ether oxygens (including phenoxy) is 1. The number of carboxylic acid groups (broad SMARTS) is 1. The van der Waals surface area contributed by atoms with Crippen molar-refractivity contribution in [3.05, 3.63) is 34.4 Å². The van der Waals surface area contributed by atoms with Crippen LogP contribution in [0.15, 0.2) is 34.4 Å². The molecular weight excluding hydrogens is 555 g/mol. The van der Waals surface area contributed by atoms with Crippen LogP contribution in [0.5, 0.6) is 0 Å². The Morgan fingerprint density at radius 3 is 2.32 bits per heavy atom. The number of fused-ring (bicyclic) bond motifs is 7. The van der Waals surface area contributed by atoms with Crippen molar-refractivity contribution in [3.63, 3.8) is 0 Å². The lowest BCUT2D eigenvalue weighted by atomic mass is 9.33. The molecule has 0 aromatic carbocycles. The van der Waals surface area contributed by atoms with Gasteiger partial charge in [0.15, 0.2) is 5.78 Å². The van der Waals surface area contributed by atoms with Crippen molar-refractivity contribution in [2.45, 2.75) is 125 Å². The second kappa shape index (κ2) is 10.1. The molecule has 8 atom stereocenters. The normalized spacial score (nSPS) is 44.6. The third-order valence-corrected chi connectivity index (χ3v) is 14.9. The highest BCUT2D eigenvalue weighted by atomic mass is 19.1. The van der Waals surface area contributed by atoms with Crippen molar-refractivity contribution in [1.29, 1.82) is 0 Å². The molecule has 0 bridgehead atoms. The van der Waals surface area contributed by atoms with Crippen LogP contribution in [-0.2, 0) is 19.1 Å². The molecule has 0 amide bonds. The summed E-state index contributed by atoms with van der Waals surface area (Å²) in [6, 6.07) is 0. The second-order valence-corrected chi connectivity index (χ2v) is 17.1. The maximum absolute atomic E-state index is 13.9. The van der Waals surface area contributed by atoms with Gasteiger partial charge in [0.1, 0.15) is 12.3 Å². The van der Waals surface area contributed by atoms with Crippen molar-refractivity contribution in [1.82, 2.24) is 0 Å². The first-order chi connectivity index (χ1) is 20.6. The lowest BCUT2D eigenvalue weighted by Crippen LogP contribution is -2.64. The molecule has 6 aliphatic carbocycles. The van der Waals surface area contributed by atoms with E-state index in [9.17, 15) is 23.9 Å². The number of ketones is 1. The minimum absolute atomic E-state index is 0.0386. The van der Waals surface area contributed by atoms with Gasteiger partial charge >= 0.3 is 5.97 Å². The molecule has 0 aliphatic heterocycles. The first kappa shape index (κ1) is 31.7. The van der Waals surface area contributed by atoms with Gasteiger partial charge in [0.05, 0.1) is 5.41 Å². The third kappa shape index (κ3) is 3.96. The molecule has 44 heavy (non-hydrogen) atoms. The fourth-order valence-corrected chi connectivity index (χ4v) is 12.5. The molecule has 6 aliphatic rings. The number of hydrogen-bond donors (Lipinski definition) is 1. The van der Waals surface area contributed by atoms with Crippen molar-refractivity contribution in [3.8, 4) is 0 Å². The highest BCUT2D eigenvalue weighted by Crippen LogP contribution is 2.76. The Labute approximate surface area is 263 Å². The number of Topliss-reactive ketones (excluding diaryl/α,β-unsaturated/α-hetero) is 1. The van der Waals surface area contributed by atoms with Crippen LogP contribution in [0.2, 0.25) is 0 Å². The second-order valence-electron chi connectivity index (χ2n) is 17.1. The Morgan fingerprint density at radius 2 is 1.73 bits per heavy atom. The molecule has 0 spiro atoms. The third-order valence-electron chi connectivity index (χ3n) is 14.9. The fraction of sp³-hybridized carbons (Fsp3) is 0.763. The largest absolute Gasteiger partial charge is 0.481 e. The van der Waals surface area contributed by atoms with Gasteiger partial charge in [0.2, 0.25) is 0 Å². The predicted octanol–water partition coefficient (Wildman–Crippen LogP) is 8.58. The fourth-order valence-electron chi connectivity index (χ4n) is 12.5. The van der Waals surface area contributed by atoms with Crippen LogP contribution in [-0.4, -0.2) is 35.6 Å². The van der Waals surface area contributed by atoms with Crippen LogP contribution in [0.3, 0.4) is 0 Å². The van der Waals surface area contributed by atoms with Crippen molar-refractivity contribution in [2.24, 2.45) is 50.7 Å². The number of hydrogen-bond acceptors (Lipinski definition) is 4. The molecular formula is C38H53FO5. The van der Waals surface area contributed by atoms with Gasteiger partial charge in [0, 0.05) is 12.8 Å². The number of rotatable bonds is 6. The van der Waals surface area contributed by atoms with Gasteiger partial charge in [-0.05, 0) is 125 Å². The molecule has 3 saturated carbocycles. The zero-order valence-corrected chi connectivity index (χ0v) is 28.0. The topological polar surface area (TPSA) is 80.7 Å². The Hall–Kier alpha value is -2.24. The number of alkyl halides is 1. The first-order valence-electron chi connectivity index (χ1n) is 17.2. The minimum atomic E-state index is -1.02. The molecule has 5 nitrogen and oxygen atoms in total. The summed E-state index contributed by atoms with van der Waals surface area (Å²) in [4.78, 5) is 37.4. The van der Waals surface area contributed by atoms with Gasteiger partial charge in [-0.1, -0.05) is 60.6 Å². The lowest BCUT2D eigenvalue weighted by Gasteiger charge is -2.71. The maximum atomic E-state index is 13.9. The molecule has 0 unspecified atom stereocenters. The summed E-state index contributed by atoms with van der Waals surface area (Å²) in [5.74, 6) is 0.439. The number of carbonyl (C=O) groups excluding carboxylic acids is 2. The summed E-state index contributed by atoms with van der Waals surface area (Å²) in [6.45, 7) is 16.2. The Bertz CT molecular complexity index is 1370. The summed E-state index contributed by atoms with van der Waals surface area (Å²) < 4.78 is 19.1.